The number of hydrogen-bond donors (Lipinski definition) is 0. The highest BCUT2D eigenvalue weighted by atomic mass is 32.3. The van der Waals surface area contributed by atoms with Gasteiger partial charge in [-0.3, -0.25) is 0 Å². The topological polar surface area (TPSA) is 109 Å². The third-order valence-corrected chi connectivity index (χ3v) is 2.55. The Morgan fingerprint density at radius 2 is 2.12 bits per heavy atom. The molecule has 1 rings (SSSR count). The average molecular weight is 259 g/mol. The number of hydrogen-bond acceptors (Lipinski definition) is 5. The quantitative estimate of drug-likeness (QED) is 0.272. The summed E-state index contributed by atoms with van der Waals surface area (Å²) in [6.45, 7) is 0. The Bertz CT molecular complexity index is 607. The van der Waals surface area contributed by atoms with Crippen LogP contribution in [0.1, 0.15) is 10.4 Å². The normalized spacial score (nSPS) is 10.5. The molecule has 0 aromatic heterocycles. The molecule has 0 saturated heterocycles. The largest absolute Gasteiger partial charge is 0.465 e. The van der Waals surface area contributed by atoms with Crippen molar-refractivity contribution in [3.8, 4) is 0 Å². The van der Waals surface area contributed by atoms with Gasteiger partial charge >= 0.3 is 16.2 Å². The predicted octanol–water partition coefficient (Wildman–Crippen LogP) is 2.07. The molecule has 7 nitrogen and oxygen atoms in total. The Balaban J connectivity index is 3.49. The number of nitrogens with zero attached hydrogens (tertiary/aromatic N) is 3. The van der Waals surface area contributed by atoms with Crippen molar-refractivity contribution in [1.82, 2.24) is 0 Å². The van der Waals surface area contributed by atoms with E-state index >= 15 is 0 Å². The number of esters is 1. The lowest BCUT2D eigenvalue weighted by molar-refractivity contribution is 0.0600. The molecule has 0 fully saturated rings. The van der Waals surface area contributed by atoms with E-state index < -0.39 is 21.1 Å². The molecule has 0 unspecified atom stereocenters. The molecule has 0 spiro atoms. The van der Waals surface area contributed by atoms with Crippen LogP contribution >= 0.6 is 0 Å². The van der Waals surface area contributed by atoms with Gasteiger partial charge in [0.25, 0.3) is 0 Å². The van der Waals surface area contributed by atoms with E-state index in [2.05, 4.69) is 14.8 Å². The summed E-state index contributed by atoms with van der Waals surface area (Å²) < 4.78 is 38.5. The summed E-state index contributed by atoms with van der Waals surface area (Å²) in [4.78, 5) is 12.8. The summed E-state index contributed by atoms with van der Waals surface area (Å²) in [7, 11) is -3.92. The van der Waals surface area contributed by atoms with Crippen LogP contribution in [-0.4, -0.2) is 21.5 Å². The number of benzene rings is 1. The Labute approximate surface area is 95.7 Å². The van der Waals surface area contributed by atoms with Crippen LogP contribution in [0.25, 0.3) is 10.4 Å². The molecule has 0 aliphatic rings. The monoisotopic (exact) mass is 259 g/mol. The minimum atomic E-state index is -5.00. The van der Waals surface area contributed by atoms with Crippen LogP contribution in [0.5, 0.6) is 0 Å². The van der Waals surface area contributed by atoms with E-state index in [9.17, 15) is 17.1 Å². The van der Waals surface area contributed by atoms with Crippen molar-refractivity contribution in [1.29, 1.82) is 0 Å². The van der Waals surface area contributed by atoms with Gasteiger partial charge in [-0.1, -0.05) is 5.11 Å². The van der Waals surface area contributed by atoms with E-state index in [1.165, 1.54) is 0 Å². The van der Waals surface area contributed by atoms with Crippen molar-refractivity contribution in [2.75, 3.05) is 7.11 Å². The SMILES string of the molecule is COC(=O)c1cc(N=[N+]=[N-])cc(S(=O)(=O)F)c1. The van der Waals surface area contributed by atoms with Gasteiger partial charge in [-0.2, -0.15) is 8.42 Å². The zero-order valence-corrected chi connectivity index (χ0v) is 9.31. The number of azide groups is 1. The summed E-state index contributed by atoms with van der Waals surface area (Å²) in [6, 6.07) is 2.68. The van der Waals surface area contributed by atoms with Crippen molar-refractivity contribution in [2.45, 2.75) is 4.90 Å². The van der Waals surface area contributed by atoms with Crippen molar-refractivity contribution in [3.05, 3.63) is 34.2 Å². The van der Waals surface area contributed by atoms with E-state index in [1.54, 1.807) is 0 Å². The van der Waals surface area contributed by atoms with E-state index in [1.807, 2.05) is 0 Å². The summed E-state index contributed by atoms with van der Waals surface area (Å²) in [5.74, 6) is -0.870. The highest BCUT2D eigenvalue weighted by Gasteiger charge is 2.17. The maximum atomic E-state index is 12.8. The Morgan fingerprint density at radius 3 is 2.59 bits per heavy atom. The zero-order chi connectivity index (χ0) is 13.1. The van der Waals surface area contributed by atoms with E-state index in [0.717, 1.165) is 25.3 Å². The van der Waals surface area contributed by atoms with Crippen molar-refractivity contribution in [2.24, 2.45) is 5.11 Å². The summed E-state index contributed by atoms with van der Waals surface area (Å²) >= 11 is 0. The first-order chi connectivity index (χ1) is 7.88. The second-order valence-corrected chi connectivity index (χ2v) is 4.18. The summed E-state index contributed by atoms with van der Waals surface area (Å²) in [5, 5.41) is 3.10. The van der Waals surface area contributed by atoms with Crippen LogP contribution < -0.4 is 0 Å². The van der Waals surface area contributed by atoms with Crippen LogP contribution in [0.15, 0.2) is 28.2 Å². The summed E-state index contributed by atoms with van der Waals surface area (Å²) in [5.41, 5.74) is 7.77. The third-order valence-electron chi connectivity index (χ3n) is 1.75. The number of carbonyl (C=O) groups excluding carboxylic acids is 1. The minimum Gasteiger partial charge on any atom is -0.465 e. The number of halogens is 1. The molecule has 1 aromatic carbocycles. The highest BCUT2D eigenvalue weighted by Crippen LogP contribution is 2.23. The van der Waals surface area contributed by atoms with Gasteiger partial charge in [0, 0.05) is 10.6 Å². The van der Waals surface area contributed by atoms with Crippen molar-refractivity contribution in [3.63, 3.8) is 0 Å². The van der Waals surface area contributed by atoms with Gasteiger partial charge in [-0.15, -0.1) is 3.89 Å². The number of ether oxygens (including phenoxy) is 1. The second kappa shape index (κ2) is 4.81. The number of methoxy groups -OCH3 is 1. The van der Waals surface area contributed by atoms with E-state index in [4.69, 9.17) is 5.53 Å². The molecule has 0 saturated carbocycles. The molecule has 0 atom stereocenters. The fourth-order valence-corrected chi connectivity index (χ4v) is 1.60. The molecule has 0 bridgehead atoms. The van der Waals surface area contributed by atoms with Crippen LogP contribution in [0, 0.1) is 0 Å². The van der Waals surface area contributed by atoms with Gasteiger partial charge in [0.2, 0.25) is 0 Å². The fourth-order valence-electron chi connectivity index (χ4n) is 1.07. The lowest BCUT2D eigenvalue weighted by Crippen LogP contribution is -2.03. The Hall–Kier alpha value is -2.12. The van der Waals surface area contributed by atoms with E-state index in [-0.39, 0.29) is 11.3 Å². The molecule has 0 heterocycles. The fraction of sp³-hybridized carbons (Fsp3) is 0.125. The Morgan fingerprint density at radius 1 is 1.47 bits per heavy atom. The molecule has 17 heavy (non-hydrogen) atoms. The van der Waals surface area contributed by atoms with Gasteiger partial charge in [-0.05, 0) is 23.7 Å². The lowest BCUT2D eigenvalue weighted by Gasteiger charge is -2.02. The maximum absolute atomic E-state index is 12.8. The molecule has 90 valence electrons. The zero-order valence-electron chi connectivity index (χ0n) is 8.49. The molecule has 0 aliphatic carbocycles. The average Bonchev–Trinajstić information content (AvgIpc) is 2.27. The first-order valence-corrected chi connectivity index (χ1v) is 5.50. The molecular formula is C8H6FN3O4S. The third kappa shape index (κ3) is 3.16. The smallest absolute Gasteiger partial charge is 0.337 e. The van der Waals surface area contributed by atoms with Crippen LogP contribution in [0.3, 0.4) is 0 Å². The molecule has 0 radical (unpaired) electrons. The molecular weight excluding hydrogens is 253 g/mol. The number of carbonyl (C=O) groups is 1. The predicted molar refractivity (Wildman–Crippen MR) is 54.9 cm³/mol. The first-order valence-electron chi connectivity index (χ1n) is 4.11. The number of rotatable bonds is 3. The minimum absolute atomic E-state index is 0.202. The molecule has 1 aromatic rings. The van der Waals surface area contributed by atoms with Gasteiger partial charge < -0.3 is 4.74 Å². The second-order valence-electron chi connectivity index (χ2n) is 2.83. The van der Waals surface area contributed by atoms with Crippen LogP contribution in [0.2, 0.25) is 0 Å². The lowest BCUT2D eigenvalue weighted by atomic mass is 10.2. The molecule has 9 heteroatoms. The van der Waals surface area contributed by atoms with Crippen molar-refractivity contribution < 1.29 is 21.8 Å². The first kappa shape index (κ1) is 12.9. The standard InChI is InChI=1S/C8H6FN3O4S/c1-16-8(13)5-2-6(11-12-10)4-7(3-5)17(9,14)15/h2-4H,1H3. The molecule has 0 N–H and O–H groups in total. The van der Waals surface area contributed by atoms with Crippen molar-refractivity contribution >= 4 is 21.9 Å². The van der Waals surface area contributed by atoms with Crippen LogP contribution in [-0.2, 0) is 15.0 Å². The van der Waals surface area contributed by atoms with Crippen LogP contribution in [0.4, 0.5) is 9.57 Å². The van der Waals surface area contributed by atoms with Gasteiger partial charge in [-0.25, -0.2) is 4.79 Å². The van der Waals surface area contributed by atoms with Gasteiger partial charge in [0.1, 0.15) is 0 Å². The summed E-state index contributed by atoms with van der Waals surface area (Å²) in [6.07, 6.45) is 0. The maximum Gasteiger partial charge on any atom is 0.337 e. The molecule has 0 aliphatic heterocycles. The van der Waals surface area contributed by atoms with Gasteiger partial charge in [0.05, 0.1) is 17.6 Å². The Kier molecular flexibility index (Phi) is 3.66. The van der Waals surface area contributed by atoms with Gasteiger partial charge in [0.15, 0.2) is 0 Å². The highest BCUT2D eigenvalue weighted by molar-refractivity contribution is 7.86. The molecule has 0 amide bonds. The van der Waals surface area contributed by atoms with E-state index in [0.29, 0.717) is 0 Å².